The van der Waals surface area contributed by atoms with E-state index < -0.39 is 11.9 Å². The molecule has 2 amide bonds. The van der Waals surface area contributed by atoms with Gasteiger partial charge in [-0.3, -0.25) is 9.59 Å². The largest absolute Gasteiger partial charge is 0.493 e. The van der Waals surface area contributed by atoms with Crippen LogP contribution in [0.15, 0.2) is 75.9 Å². The maximum atomic E-state index is 13.6. The van der Waals surface area contributed by atoms with Gasteiger partial charge in [-0.25, -0.2) is 14.4 Å². The van der Waals surface area contributed by atoms with Gasteiger partial charge in [0.25, 0.3) is 11.8 Å². The second-order valence-corrected chi connectivity index (χ2v) is 16.1. The average Bonchev–Trinajstić information content (AvgIpc) is 3.52. The molecule has 0 radical (unpaired) electrons. The van der Waals surface area contributed by atoms with E-state index in [-0.39, 0.29) is 23.4 Å². The zero-order chi connectivity index (χ0) is 41.9. The molecule has 0 saturated heterocycles. The van der Waals surface area contributed by atoms with Gasteiger partial charge in [-0.2, -0.15) is 0 Å². The SMILES string of the molecule is COc1cc2ncnc(Nc3ccc(F)c(Cl)c3)c2cc1OCCOCCOCCOCCNC(=O)C(C)Oc1c(Br)cc(/C=C2\C(=O)Nc3ccc(I)cc32)cc1Br. The normalized spacial score (nSPS) is 13.3. The number of aromatic nitrogens is 2. The fourth-order valence-electron chi connectivity index (χ4n) is 5.77. The van der Waals surface area contributed by atoms with Gasteiger partial charge in [-0.15, -0.1) is 0 Å². The molecule has 1 aromatic heterocycles. The van der Waals surface area contributed by atoms with Crippen LogP contribution in [0.1, 0.15) is 18.1 Å². The van der Waals surface area contributed by atoms with Crippen molar-refractivity contribution >= 4 is 118 Å². The Morgan fingerprint density at radius 2 is 1.64 bits per heavy atom. The fourth-order valence-corrected chi connectivity index (χ4v) is 7.85. The van der Waals surface area contributed by atoms with Crippen LogP contribution in [0.3, 0.4) is 0 Å². The number of rotatable bonds is 20. The van der Waals surface area contributed by atoms with Crippen LogP contribution in [0.4, 0.5) is 21.6 Å². The molecule has 18 heteroatoms. The topological polar surface area (TPSA) is 151 Å². The lowest BCUT2D eigenvalue weighted by Gasteiger charge is -2.17. The third-order valence-corrected chi connectivity index (χ3v) is 10.8. The zero-order valence-corrected chi connectivity index (χ0v) is 37.8. The monoisotopic (exact) mass is 1070 g/mol. The summed E-state index contributed by atoms with van der Waals surface area (Å²) in [6.45, 7) is 4.22. The van der Waals surface area contributed by atoms with E-state index in [9.17, 15) is 14.0 Å². The number of anilines is 3. The number of carbonyl (C=O) groups excluding carboxylic acids is 2. The number of fused-ring (bicyclic) bond motifs is 2. The molecule has 0 fully saturated rings. The lowest BCUT2D eigenvalue weighted by atomic mass is 10.0. The van der Waals surface area contributed by atoms with Gasteiger partial charge in [0, 0.05) is 44.1 Å². The molecule has 1 aliphatic rings. The smallest absolute Gasteiger partial charge is 0.260 e. The minimum absolute atomic E-state index is 0.00811. The molecule has 5 aromatic rings. The summed E-state index contributed by atoms with van der Waals surface area (Å²) in [6, 6.07) is 17.3. The van der Waals surface area contributed by atoms with Crippen molar-refractivity contribution in [2.45, 2.75) is 13.0 Å². The Balaban J connectivity index is 0.841. The van der Waals surface area contributed by atoms with Gasteiger partial charge in [0.1, 0.15) is 30.3 Å². The standard InChI is InChI=1S/C41H38Br2ClFIN5O8/c1-23(59-38-30(42)16-24(17-31(38)43)15-28-27-18-25(46)3-6-34(27)51-41(28)53)40(52)47-7-8-55-9-10-56-11-12-57-13-14-58-37-20-29-35(21-36(37)54-2)48-22-49-39(29)50-26-4-5-33(45)32(44)19-26/h3-6,15-23H,7-14H2,1-2H3,(H,47,52)(H,51,53)(H,48,49,50)/b28-15-. The Kier molecular flexibility index (Phi) is 16.1. The van der Waals surface area contributed by atoms with Crippen molar-refractivity contribution in [3.05, 3.63) is 101 Å². The van der Waals surface area contributed by atoms with Crippen LogP contribution in [-0.2, 0) is 23.8 Å². The molecular weight excluding hydrogens is 1030 g/mol. The van der Waals surface area contributed by atoms with E-state index >= 15 is 0 Å². The number of amides is 2. The predicted octanol–water partition coefficient (Wildman–Crippen LogP) is 8.81. The highest BCUT2D eigenvalue weighted by Gasteiger charge is 2.25. The van der Waals surface area contributed by atoms with E-state index in [1.54, 1.807) is 32.2 Å². The first-order chi connectivity index (χ1) is 28.5. The number of hydrogen-bond acceptors (Lipinski definition) is 11. The Bertz CT molecular complexity index is 2340. The number of nitrogens with zero attached hydrogens (tertiary/aromatic N) is 2. The summed E-state index contributed by atoms with van der Waals surface area (Å²) in [5.41, 5.74) is 4.16. The van der Waals surface area contributed by atoms with Crippen LogP contribution < -0.4 is 30.2 Å². The minimum Gasteiger partial charge on any atom is -0.493 e. The van der Waals surface area contributed by atoms with Crippen molar-refractivity contribution in [3.8, 4) is 17.2 Å². The molecule has 1 atom stereocenters. The quantitative estimate of drug-likeness (QED) is 0.0390. The molecule has 2 heterocycles. The van der Waals surface area contributed by atoms with Crippen molar-refractivity contribution in [2.75, 3.05) is 70.5 Å². The third-order valence-electron chi connectivity index (χ3n) is 8.64. The number of benzene rings is 4. The molecule has 13 nitrogen and oxygen atoms in total. The number of carbonyl (C=O) groups is 2. The maximum absolute atomic E-state index is 13.6. The van der Waals surface area contributed by atoms with Crippen LogP contribution in [-0.4, -0.2) is 87.8 Å². The average molecular weight is 1070 g/mol. The highest BCUT2D eigenvalue weighted by molar-refractivity contribution is 14.1. The Morgan fingerprint density at radius 3 is 2.36 bits per heavy atom. The van der Waals surface area contributed by atoms with E-state index in [1.165, 1.54) is 18.5 Å². The molecule has 310 valence electrons. The lowest BCUT2D eigenvalue weighted by molar-refractivity contribution is -0.127. The molecule has 4 aromatic carbocycles. The number of nitrogens with one attached hydrogen (secondary N) is 3. The second kappa shape index (κ2) is 21.4. The van der Waals surface area contributed by atoms with Gasteiger partial charge in [0.15, 0.2) is 17.6 Å². The van der Waals surface area contributed by atoms with Crippen LogP contribution in [0.5, 0.6) is 17.2 Å². The molecule has 0 bridgehead atoms. The van der Waals surface area contributed by atoms with Gasteiger partial charge in [0.05, 0.1) is 66.2 Å². The molecule has 3 N–H and O–H groups in total. The van der Waals surface area contributed by atoms with Crippen molar-refractivity contribution < 1.29 is 42.4 Å². The molecule has 0 saturated carbocycles. The summed E-state index contributed by atoms with van der Waals surface area (Å²) in [7, 11) is 1.54. The summed E-state index contributed by atoms with van der Waals surface area (Å²) in [6.07, 6.45) is 2.44. The van der Waals surface area contributed by atoms with Gasteiger partial charge < -0.3 is 44.4 Å². The van der Waals surface area contributed by atoms with Crippen molar-refractivity contribution in [2.24, 2.45) is 0 Å². The van der Waals surface area contributed by atoms with Crippen LogP contribution in [0, 0.1) is 9.39 Å². The maximum Gasteiger partial charge on any atom is 0.260 e. The Morgan fingerprint density at radius 1 is 0.932 bits per heavy atom. The minimum atomic E-state index is -0.788. The molecule has 59 heavy (non-hydrogen) atoms. The summed E-state index contributed by atoms with van der Waals surface area (Å²) in [5, 5.41) is 9.51. The molecular formula is C41H38Br2ClFIN5O8. The van der Waals surface area contributed by atoms with Crippen molar-refractivity contribution in [1.29, 1.82) is 0 Å². The Labute approximate surface area is 375 Å². The lowest BCUT2D eigenvalue weighted by Crippen LogP contribution is -2.38. The number of methoxy groups -OCH3 is 1. The second-order valence-electron chi connectivity index (χ2n) is 12.7. The van der Waals surface area contributed by atoms with Gasteiger partial charge in [0.2, 0.25) is 0 Å². The molecule has 6 rings (SSSR count). The third kappa shape index (κ3) is 12.0. The number of ether oxygens (including phenoxy) is 6. The zero-order valence-electron chi connectivity index (χ0n) is 31.7. The first-order valence-electron chi connectivity index (χ1n) is 18.2. The van der Waals surface area contributed by atoms with E-state index in [2.05, 4.69) is 80.4 Å². The number of halogens is 5. The molecule has 0 aliphatic carbocycles. The van der Waals surface area contributed by atoms with Gasteiger partial charge >= 0.3 is 0 Å². The van der Waals surface area contributed by atoms with Gasteiger partial charge in [-0.05, 0) is 128 Å². The van der Waals surface area contributed by atoms with Gasteiger partial charge in [-0.1, -0.05) is 11.6 Å². The summed E-state index contributed by atoms with van der Waals surface area (Å²) >= 11 is 15.3. The molecule has 1 aliphatic heterocycles. The summed E-state index contributed by atoms with van der Waals surface area (Å²) in [5.74, 6) is 0.943. The fraction of sp³-hybridized carbons (Fsp3) is 0.268. The molecule has 1 unspecified atom stereocenters. The van der Waals surface area contributed by atoms with Crippen LogP contribution >= 0.6 is 66.1 Å². The predicted molar refractivity (Wildman–Crippen MR) is 239 cm³/mol. The molecule has 0 spiro atoms. The van der Waals surface area contributed by atoms with Crippen molar-refractivity contribution in [3.63, 3.8) is 0 Å². The van der Waals surface area contributed by atoms with Crippen LogP contribution in [0.25, 0.3) is 22.6 Å². The first kappa shape index (κ1) is 44.4. The highest BCUT2D eigenvalue weighted by atomic mass is 127. The van der Waals surface area contributed by atoms with E-state index in [1.807, 2.05) is 36.4 Å². The van der Waals surface area contributed by atoms with E-state index in [4.69, 9.17) is 40.0 Å². The van der Waals surface area contributed by atoms with Crippen LogP contribution in [0.2, 0.25) is 5.02 Å². The van der Waals surface area contributed by atoms with E-state index in [0.29, 0.717) is 100 Å². The van der Waals surface area contributed by atoms with E-state index in [0.717, 1.165) is 20.4 Å². The van der Waals surface area contributed by atoms with Crippen molar-refractivity contribution in [1.82, 2.24) is 15.3 Å². The summed E-state index contributed by atoms with van der Waals surface area (Å²) in [4.78, 5) is 34.0. The summed E-state index contributed by atoms with van der Waals surface area (Å²) < 4.78 is 50.2. The number of hydrogen-bond donors (Lipinski definition) is 3. The Hall–Kier alpha value is -4.11. The first-order valence-corrected chi connectivity index (χ1v) is 21.2. The highest BCUT2D eigenvalue weighted by Crippen LogP contribution is 2.39.